The number of phosphoric acid groups is 1. The van der Waals surface area contributed by atoms with E-state index in [9.17, 15) is 44.6 Å². The van der Waals surface area contributed by atoms with Crippen LogP contribution in [0.5, 0.6) is 0 Å². The van der Waals surface area contributed by atoms with Gasteiger partial charge in [-0.15, -0.1) is 0 Å². The van der Waals surface area contributed by atoms with Crippen LogP contribution in [0.15, 0.2) is 36.5 Å². The molecule has 1 fully saturated rings. The molecular weight excluding hydrogens is 707 g/mol. The summed E-state index contributed by atoms with van der Waals surface area (Å²) in [6.45, 7) is 3.17. The van der Waals surface area contributed by atoms with Crippen molar-refractivity contribution < 1.29 is 63.1 Å². The Balaban J connectivity index is 2.55. The molecule has 0 bridgehead atoms. The zero-order valence-corrected chi connectivity index (χ0v) is 32.9. The minimum Gasteiger partial charge on any atom is -0.462 e. The van der Waals surface area contributed by atoms with Crippen LogP contribution in [0.2, 0.25) is 0 Å². The Bertz CT molecular complexity index is 1080. The summed E-state index contributed by atoms with van der Waals surface area (Å²) in [6.07, 6.45) is 18.1. The summed E-state index contributed by atoms with van der Waals surface area (Å²) in [5.41, 5.74) is 0. The number of hydrogen-bond donors (Lipinski definition) is 6. The summed E-state index contributed by atoms with van der Waals surface area (Å²) in [5.74, 6) is -1.15. The highest BCUT2D eigenvalue weighted by atomic mass is 31.2. The van der Waals surface area contributed by atoms with E-state index in [0.29, 0.717) is 12.8 Å². The number of unbranched alkanes of at least 4 members (excludes halogenated alkanes) is 13. The van der Waals surface area contributed by atoms with Crippen molar-refractivity contribution in [1.82, 2.24) is 0 Å². The van der Waals surface area contributed by atoms with Crippen molar-refractivity contribution in [3.05, 3.63) is 36.5 Å². The van der Waals surface area contributed by atoms with Gasteiger partial charge in [-0.3, -0.25) is 18.6 Å². The first kappa shape index (κ1) is 49.1. The molecule has 8 atom stereocenters. The number of ether oxygens (including phenoxy) is 2. The Morgan fingerprint density at radius 1 is 0.585 bits per heavy atom. The van der Waals surface area contributed by atoms with E-state index in [1.54, 1.807) is 0 Å². The first-order valence-corrected chi connectivity index (χ1v) is 21.3. The largest absolute Gasteiger partial charge is 0.472 e. The number of aliphatic hydroxyl groups excluding tert-OH is 5. The van der Waals surface area contributed by atoms with Gasteiger partial charge in [0.2, 0.25) is 0 Å². The van der Waals surface area contributed by atoms with E-state index in [0.717, 1.165) is 57.8 Å². The van der Waals surface area contributed by atoms with Crippen LogP contribution in [0.4, 0.5) is 0 Å². The lowest BCUT2D eigenvalue weighted by atomic mass is 9.85. The second-order valence-electron chi connectivity index (χ2n) is 13.8. The molecule has 1 rings (SSSR count). The molecule has 0 saturated heterocycles. The second-order valence-corrected chi connectivity index (χ2v) is 15.2. The number of rotatable bonds is 31. The third-order valence-electron chi connectivity index (χ3n) is 8.98. The summed E-state index contributed by atoms with van der Waals surface area (Å²) in [5, 5.41) is 49.9. The van der Waals surface area contributed by atoms with Gasteiger partial charge < -0.3 is 39.9 Å². The van der Waals surface area contributed by atoms with Crippen molar-refractivity contribution >= 4 is 19.8 Å². The van der Waals surface area contributed by atoms with Crippen molar-refractivity contribution in [3.63, 3.8) is 0 Å². The van der Waals surface area contributed by atoms with Crippen LogP contribution in [0.3, 0.4) is 0 Å². The van der Waals surface area contributed by atoms with Gasteiger partial charge in [0.1, 0.15) is 43.2 Å². The normalized spacial score (nSPS) is 23.8. The maximum absolute atomic E-state index is 12.7. The van der Waals surface area contributed by atoms with E-state index in [2.05, 4.69) is 50.3 Å². The fourth-order valence-corrected chi connectivity index (χ4v) is 6.68. The number of hydrogen-bond acceptors (Lipinski definition) is 12. The van der Waals surface area contributed by atoms with E-state index in [4.69, 9.17) is 18.5 Å². The fraction of sp³-hybridized carbons (Fsp3) is 0.795. The summed E-state index contributed by atoms with van der Waals surface area (Å²) < 4.78 is 33.2. The van der Waals surface area contributed by atoms with Crippen molar-refractivity contribution in [3.8, 4) is 0 Å². The number of aliphatic hydroxyl groups is 5. The van der Waals surface area contributed by atoms with Gasteiger partial charge in [-0.1, -0.05) is 115 Å². The van der Waals surface area contributed by atoms with Crippen molar-refractivity contribution in [2.45, 2.75) is 185 Å². The summed E-state index contributed by atoms with van der Waals surface area (Å²) in [7, 11) is -5.11. The quantitative estimate of drug-likeness (QED) is 0.0199. The van der Waals surface area contributed by atoms with Crippen LogP contribution in [0, 0.1) is 0 Å². The minimum atomic E-state index is -5.11. The van der Waals surface area contributed by atoms with Crippen LogP contribution < -0.4 is 0 Å². The Kier molecular flexibility index (Phi) is 28.1. The maximum Gasteiger partial charge on any atom is 0.472 e. The van der Waals surface area contributed by atoms with E-state index in [-0.39, 0.29) is 12.8 Å². The molecule has 0 heterocycles. The van der Waals surface area contributed by atoms with Gasteiger partial charge in [-0.2, -0.15) is 0 Å². The zero-order chi connectivity index (χ0) is 39.3. The molecule has 1 aliphatic rings. The Morgan fingerprint density at radius 2 is 1.02 bits per heavy atom. The Labute approximate surface area is 317 Å². The van der Waals surface area contributed by atoms with Crippen LogP contribution in [0.25, 0.3) is 0 Å². The van der Waals surface area contributed by atoms with Crippen molar-refractivity contribution in [2.75, 3.05) is 13.2 Å². The molecule has 0 amide bonds. The number of phosphoric ester groups is 1. The molecule has 308 valence electrons. The lowest BCUT2D eigenvalue weighted by Gasteiger charge is -2.41. The number of carbonyl (C=O) groups excluding carboxylic acids is 2. The van der Waals surface area contributed by atoms with Gasteiger partial charge >= 0.3 is 19.8 Å². The van der Waals surface area contributed by atoms with Gasteiger partial charge in [0.15, 0.2) is 6.10 Å². The fourth-order valence-electron chi connectivity index (χ4n) is 5.70. The first-order chi connectivity index (χ1) is 25.4. The Morgan fingerprint density at radius 3 is 1.58 bits per heavy atom. The smallest absolute Gasteiger partial charge is 0.462 e. The highest BCUT2D eigenvalue weighted by molar-refractivity contribution is 7.47. The predicted molar refractivity (Wildman–Crippen MR) is 203 cm³/mol. The average molecular weight is 777 g/mol. The number of esters is 2. The molecule has 1 saturated carbocycles. The summed E-state index contributed by atoms with van der Waals surface area (Å²) >= 11 is 0. The molecule has 0 aromatic heterocycles. The molecule has 14 heteroatoms. The van der Waals surface area contributed by atoms with E-state index < -0.39 is 75.7 Å². The Hall–Kier alpha value is -1.93. The van der Waals surface area contributed by atoms with E-state index in [1.165, 1.54) is 44.9 Å². The zero-order valence-electron chi connectivity index (χ0n) is 32.1. The second kappa shape index (κ2) is 30.3. The van der Waals surface area contributed by atoms with Gasteiger partial charge in [-0.05, 0) is 51.4 Å². The molecule has 53 heavy (non-hydrogen) atoms. The lowest BCUT2D eigenvalue weighted by molar-refractivity contribution is -0.220. The number of carbonyl (C=O) groups is 2. The van der Waals surface area contributed by atoms with E-state index in [1.807, 2.05) is 0 Å². The van der Waals surface area contributed by atoms with Gasteiger partial charge in [0, 0.05) is 12.8 Å². The van der Waals surface area contributed by atoms with Crippen LogP contribution in [-0.4, -0.2) is 98.3 Å². The minimum absolute atomic E-state index is 0.0889. The average Bonchev–Trinajstić information content (AvgIpc) is 3.13. The standard InChI is InChI=1S/C39H69O13P/c1-3-5-7-9-11-13-14-15-16-17-18-20-21-23-25-27-32(40)49-29-31(51-33(41)28-26-24-22-19-12-10-8-6-4-2)30-50-53(47,48)52-39-37(45)35(43)34(42)36(44)38(39)46/h11,13,15-16,18,20,31,34-39,42-46H,3-10,12,14,17,19,21-30H2,1-2H3,(H,47,48)/b13-11-,16-15-,20-18-/t31-,34?,35-,36?,37?,38?,39?/m1/s1. The number of allylic oxidation sites excluding steroid dienone is 6. The molecule has 0 aliphatic heterocycles. The summed E-state index contributed by atoms with van der Waals surface area (Å²) in [4.78, 5) is 35.4. The SMILES string of the molecule is CCCCC/C=C\C/C=C\C/C=C\CCCCC(=O)OC[C@H](COP(=O)(O)OC1C(O)C(O)C(O)[C@@H](O)C1O)OC(=O)CCCCCCCCCCC. The van der Waals surface area contributed by atoms with Crippen LogP contribution >= 0.6 is 7.82 Å². The molecule has 6 unspecified atom stereocenters. The topological polar surface area (TPSA) is 210 Å². The third kappa shape index (κ3) is 23.6. The van der Waals surface area contributed by atoms with Crippen molar-refractivity contribution in [2.24, 2.45) is 0 Å². The van der Waals surface area contributed by atoms with Gasteiger partial charge in [-0.25, -0.2) is 4.57 Å². The first-order valence-electron chi connectivity index (χ1n) is 19.8. The van der Waals surface area contributed by atoms with Crippen molar-refractivity contribution in [1.29, 1.82) is 0 Å². The third-order valence-corrected chi connectivity index (χ3v) is 9.97. The molecule has 0 aromatic carbocycles. The van der Waals surface area contributed by atoms with Crippen LogP contribution in [-0.2, 0) is 32.7 Å². The molecule has 0 spiro atoms. The molecule has 6 N–H and O–H groups in total. The highest BCUT2D eigenvalue weighted by Crippen LogP contribution is 2.47. The molecule has 0 aromatic rings. The molecule has 1 aliphatic carbocycles. The summed E-state index contributed by atoms with van der Waals surface area (Å²) in [6, 6.07) is 0. The maximum atomic E-state index is 12.7. The highest BCUT2D eigenvalue weighted by Gasteiger charge is 2.51. The van der Waals surface area contributed by atoms with Crippen LogP contribution in [0.1, 0.15) is 142 Å². The predicted octanol–water partition coefficient (Wildman–Crippen LogP) is 6.27. The monoisotopic (exact) mass is 776 g/mol. The molecule has 0 radical (unpaired) electrons. The van der Waals surface area contributed by atoms with Gasteiger partial charge in [0.25, 0.3) is 0 Å². The molecular formula is C39H69O13P. The van der Waals surface area contributed by atoms with E-state index >= 15 is 0 Å². The molecule has 13 nitrogen and oxygen atoms in total. The van der Waals surface area contributed by atoms with Gasteiger partial charge in [0.05, 0.1) is 6.61 Å². The lowest BCUT2D eigenvalue weighted by Crippen LogP contribution is -2.64.